The van der Waals surface area contributed by atoms with E-state index in [0.717, 1.165) is 12.1 Å². The first-order valence-electron chi connectivity index (χ1n) is 5.90. The van der Waals surface area contributed by atoms with Crippen LogP contribution in [-0.2, 0) is 9.53 Å². The van der Waals surface area contributed by atoms with Gasteiger partial charge < -0.3 is 20.1 Å². The largest absolute Gasteiger partial charge is 0.504 e. The van der Waals surface area contributed by atoms with E-state index < -0.39 is 36.2 Å². The van der Waals surface area contributed by atoms with Gasteiger partial charge in [0.2, 0.25) is 0 Å². The van der Waals surface area contributed by atoms with E-state index in [9.17, 15) is 29.3 Å². The van der Waals surface area contributed by atoms with Crippen LogP contribution in [0.25, 0.3) is 0 Å². The van der Waals surface area contributed by atoms with Crippen LogP contribution in [-0.4, -0.2) is 40.3 Å². The molecule has 0 heterocycles. The van der Waals surface area contributed by atoms with Gasteiger partial charge in [-0.15, -0.1) is 0 Å². The molecule has 0 bridgehead atoms. The maximum Gasteiger partial charge on any atom is 0.308 e. The number of aliphatic hydroxyl groups is 2. The first kappa shape index (κ1) is 16.1. The van der Waals surface area contributed by atoms with Crippen LogP contribution in [0.5, 0.6) is 5.75 Å². The summed E-state index contributed by atoms with van der Waals surface area (Å²) in [4.78, 5) is 21.8. The fourth-order valence-corrected chi connectivity index (χ4v) is 1.63. The van der Waals surface area contributed by atoms with Crippen molar-refractivity contribution in [2.45, 2.75) is 25.6 Å². The molecule has 3 N–H and O–H groups in total. The van der Waals surface area contributed by atoms with E-state index in [0.29, 0.717) is 0 Å². The molecule has 0 saturated carbocycles. The molecule has 0 radical (unpaired) electrons. The third-order valence-electron chi connectivity index (χ3n) is 2.63. The Morgan fingerprint density at radius 2 is 2.10 bits per heavy atom. The quantitative estimate of drug-likeness (QED) is 0.525. The molecule has 0 aliphatic carbocycles. The summed E-state index contributed by atoms with van der Waals surface area (Å²) in [5.41, 5.74) is -0.485. The Balaban J connectivity index is 2.91. The van der Waals surface area contributed by atoms with Gasteiger partial charge in [0.15, 0.2) is 17.9 Å². The molecule has 20 heavy (non-hydrogen) atoms. The highest BCUT2D eigenvalue weighted by molar-refractivity contribution is 5.79. The van der Waals surface area contributed by atoms with Crippen molar-refractivity contribution in [1.82, 2.24) is 0 Å². The van der Waals surface area contributed by atoms with Gasteiger partial charge in [-0.2, -0.15) is 0 Å². The first-order valence-corrected chi connectivity index (χ1v) is 5.90. The second-order valence-corrected chi connectivity index (χ2v) is 4.08. The van der Waals surface area contributed by atoms with E-state index in [1.54, 1.807) is 6.92 Å². The lowest BCUT2D eigenvalue weighted by molar-refractivity contribution is -0.147. The van der Waals surface area contributed by atoms with Crippen LogP contribution in [0.1, 0.15) is 35.4 Å². The minimum Gasteiger partial charge on any atom is -0.504 e. The second-order valence-electron chi connectivity index (χ2n) is 4.08. The Hall–Kier alpha value is -1.99. The first-order chi connectivity index (χ1) is 9.40. The van der Waals surface area contributed by atoms with Crippen LogP contribution in [0, 0.1) is 5.82 Å². The van der Waals surface area contributed by atoms with Crippen LogP contribution in [0.2, 0.25) is 0 Å². The Labute approximate surface area is 114 Å². The van der Waals surface area contributed by atoms with Crippen LogP contribution in [0.15, 0.2) is 12.1 Å². The van der Waals surface area contributed by atoms with Gasteiger partial charge in [0, 0.05) is 0 Å². The van der Waals surface area contributed by atoms with Gasteiger partial charge in [0.1, 0.15) is 6.10 Å². The molecule has 0 spiro atoms. The number of phenols is 1. The summed E-state index contributed by atoms with van der Waals surface area (Å²) >= 11 is 0. The zero-order valence-corrected chi connectivity index (χ0v) is 10.7. The normalized spacial score (nSPS) is 13.6. The highest BCUT2D eigenvalue weighted by Gasteiger charge is 2.24. The maximum absolute atomic E-state index is 13.3. The van der Waals surface area contributed by atoms with Crippen LogP contribution >= 0.6 is 0 Å². The van der Waals surface area contributed by atoms with Crippen molar-refractivity contribution in [3.8, 4) is 5.75 Å². The molecule has 7 heteroatoms. The van der Waals surface area contributed by atoms with E-state index in [-0.39, 0.29) is 24.0 Å². The number of ether oxygens (including phenoxy) is 1. The average molecular weight is 286 g/mol. The number of halogens is 1. The lowest BCUT2D eigenvalue weighted by Gasteiger charge is -2.18. The number of aliphatic hydroxyl groups excluding tert-OH is 2. The highest BCUT2D eigenvalue weighted by Crippen LogP contribution is 2.27. The number of aldehydes is 1. The average Bonchev–Trinajstić information content (AvgIpc) is 2.40. The van der Waals surface area contributed by atoms with Crippen LogP contribution in [0.4, 0.5) is 4.39 Å². The number of hydrogen-bond donors (Lipinski definition) is 3. The zero-order valence-electron chi connectivity index (χ0n) is 10.7. The predicted octanol–water partition coefficient (Wildman–Crippen LogP) is 0.691. The van der Waals surface area contributed by atoms with E-state index in [2.05, 4.69) is 4.74 Å². The number of esters is 1. The Kier molecular flexibility index (Phi) is 5.60. The van der Waals surface area contributed by atoms with Gasteiger partial charge in [-0.3, -0.25) is 9.59 Å². The fourth-order valence-electron chi connectivity index (χ4n) is 1.63. The van der Waals surface area contributed by atoms with Crippen molar-refractivity contribution < 1.29 is 34.0 Å². The van der Waals surface area contributed by atoms with Gasteiger partial charge in [-0.1, -0.05) is 0 Å². The smallest absolute Gasteiger partial charge is 0.308 e. The molecule has 0 saturated heterocycles. The topological polar surface area (TPSA) is 104 Å². The number of hydrogen-bond acceptors (Lipinski definition) is 6. The number of aromatic hydroxyl groups is 1. The summed E-state index contributed by atoms with van der Waals surface area (Å²) in [7, 11) is 0. The predicted molar refractivity (Wildman–Crippen MR) is 65.7 cm³/mol. The summed E-state index contributed by atoms with van der Waals surface area (Å²) in [5, 5.41) is 28.7. The standard InChI is InChI=1S/C13H15FO6/c1-2-20-11(17)5-10(16)13(19)7-3-8(6-15)12(18)9(14)4-7/h3-4,6,10,13,16,18-19H,2,5H2,1H3. The summed E-state index contributed by atoms with van der Waals surface area (Å²) in [6.45, 7) is 1.72. The zero-order chi connectivity index (χ0) is 15.3. The van der Waals surface area contributed by atoms with E-state index in [1.807, 2.05) is 0 Å². The molecule has 0 aliphatic heterocycles. The number of benzene rings is 1. The van der Waals surface area contributed by atoms with Gasteiger partial charge in [0.05, 0.1) is 24.7 Å². The molecule has 0 aromatic heterocycles. The van der Waals surface area contributed by atoms with E-state index in [4.69, 9.17) is 0 Å². The third kappa shape index (κ3) is 3.75. The Morgan fingerprint density at radius 1 is 1.45 bits per heavy atom. The molecular formula is C13H15FO6. The van der Waals surface area contributed by atoms with Gasteiger partial charge in [-0.25, -0.2) is 4.39 Å². The molecule has 0 fully saturated rings. The molecule has 1 aromatic carbocycles. The Bertz CT molecular complexity index is 502. The SMILES string of the molecule is CCOC(=O)CC(O)C(O)c1cc(F)c(O)c(C=O)c1. The van der Waals surface area contributed by atoms with E-state index in [1.165, 1.54) is 0 Å². The third-order valence-corrected chi connectivity index (χ3v) is 2.63. The summed E-state index contributed by atoms with van der Waals surface area (Å²) in [6.07, 6.45) is -3.37. The van der Waals surface area contributed by atoms with Gasteiger partial charge in [0.25, 0.3) is 0 Å². The summed E-state index contributed by atoms with van der Waals surface area (Å²) in [6, 6.07) is 1.81. The number of carbonyl (C=O) groups excluding carboxylic acids is 2. The lowest BCUT2D eigenvalue weighted by atomic mass is 9.99. The van der Waals surface area contributed by atoms with Gasteiger partial charge in [-0.05, 0) is 24.6 Å². The molecular weight excluding hydrogens is 271 g/mol. The Morgan fingerprint density at radius 3 is 2.65 bits per heavy atom. The second kappa shape index (κ2) is 6.97. The molecule has 0 amide bonds. The fraction of sp³-hybridized carbons (Fsp3) is 0.385. The number of phenolic OH excluding ortho intramolecular Hbond substituents is 1. The van der Waals surface area contributed by atoms with Crippen molar-refractivity contribution in [3.63, 3.8) is 0 Å². The summed E-state index contributed by atoms with van der Waals surface area (Å²) in [5.74, 6) is -2.66. The number of carbonyl (C=O) groups is 2. The monoisotopic (exact) mass is 286 g/mol. The van der Waals surface area contributed by atoms with Crippen molar-refractivity contribution >= 4 is 12.3 Å². The minimum atomic E-state index is -1.59. The molecule has 0 aliphatic rings. The molecule has 6 nitrogen and oxygen atoms in total. The van der Waals surface area contributed by atoms with E-state index >= 15 is 0 Å². The molecule has 2 atom stereocenters. The van der Waals surface area contributed by atoms with Crippen molar-refractivity contribution in [3.05, 3.63) is 29.1 Å². The molecule has 1 aromatic rings. The molecule has 1 rings (SSSR count). The van der Waals surface area contributed by atoms with Crippen molar-refractivity contribution in [2.24, 2.45) is 0 Å². The minimum absolute atomic E-state index is 0.126. The maximum atomic E-state index is 13.3. The van der Waals surface area contributed by atoms with Crippen LogP contribution in [0.3, 0.4) is 0 Å². The number of rotatable bonds is 6. The van der Waals surface area contributed by atoms with Gasteiger partial charge >= 0.3 is 5.97 Å². The highest BCUT2D eigenvalue weighted by atomic mass is 19.1. The summed E-state index contributed by atoms with van der Waals surface area (Å²) < 4.78 is 17.9. The lowest BCUT2D eigenvalue weighted by Crippen LogP contribution is -2.23. The molecule has 2 unspecified atom stereocenters. The van der Waals surface area contributed by atoms with Crippen LogP contribution < -0.4 is 0 Å². The van der Waals surface area contributed by atoms with Crippen molar-refractivity contribution in [2.75, 3.05) is 6.61 Å². The molecule has 110 valence electrons. The van der Waals surface area contributed by atoms with Crippen molar-refractivity contribution in [1.29, 1.82) is 0 Å².